The number of H-pyrrole nitrogens is 1. The molecule has 2 aromatic carbocycles. The minimum absolute atomic E-state index is 0.0855. The maximum Gasteiger partial charge on any atom is 0.327 e. The van der Waals surface area contributed by atoms with Crippen LogP contribution in [0.4, 0.5) is 0 Å². The molecular weight excluding hydrogens is 512 g/mol. The minimum Gasteiger partial charge on any atom is -0.494 e. The molecule has 0 saturated heterocycles. The van der Waals surface area contributed by atoms with E-state index in [1.165, 1.54) is 9.47 Å². The van der Waals surface area contributed by atoms with Crippen LogP contribution in [0.5, 0.6) is 5.88 Å². The van der Waals surface area contributed by atoms with Crippen molar-refractivity contribution >= 4 is 39.9 Å². The second-order valence-corrected chi connectivity index (χ2v) is 10.4. The molecule has 40 heavy (non-hydrogen) atoms. The fourth-order valence-corrected chi connectivity index (χ4v) is 6.57. The zero-order chi connectivity index (χ0) is 27.4. The lowest BCUT2D eigenvalue weighted by atomic mass is 9.95. The van der Waals surface area contributed by atoms with Crippen LogP contribution < -0.4 is 10.6 Å². The van der Waals surface area contributed by atoms with E-state index >= 15 is 0 Å². The van der Waals surface area contributed by atoms with Gasteiger partial charge in [0, 0.05) is 34.5 Å². The zero-order valence-electron chi connectivity index (χ0n) is 20.8. The summed E-state index contributed by atoms with van der Waals surface area (Å²) in [5.74, 6) is -3.21. The molecular formula is C30H20N4O6. The van der Waals surface area contributed by atoms with Crippen LogP contribution >= 0.6 is 0 Å². The number of amides is 1. The molecule has 196 valence electrons. The van der Waals surface area contributed by atoms with Crippen LogP contribution in [0.25, 0.3) is 33.4 Å². The first-order valence-corrected chi connectivity index (χ1v) is 12.8. The minimum atomic E-state index is -1.15. The molecule has 1 amide bonds. The summed E-state index contributed by atoms with van der Waals surface area (Å²) in [6.07, 6.45) is 1.80. The Morgan fingerprint density at radius 2 is 1.73 bits per heavy atom. The second kappa shape index (κ2) is 7.60. The number of para-hydroxylation sites is 2. The quantitative estimate of drug-likeness (QED) is 0.318. The molecule has 10 nitrogen and oxygen atoms in total. The molecule has 4 aromatic rings. The van der Waals surface area contributed by atoms with Gasteiger partial charge in [0.15, 0.2) is 0 Å². The third kappa shape index (κ3) is 2.76. The number of hydrogen-bond acceptors (Lipinski definition) is 5. The predicted molar refractivity (Wildman–Crippen MR) is 142 cm³/mol. The van der Waals surface area contributed by atoms with Gasteiger partial charge in [0.25, 0.3) is 5.91 Å². The van der Waals surface area contributed by atoms with Crippen LogP contribution in [0.3, 0.4) is 0 Å². The molecule has 0 spiro atoms. The lowest BCUT2D eigenvalue weighted by molar-refractivity contribution is -0.146. The molecule has 0 bridgehead atoms. The molecule has 2 unspecified atom stereocenters. The number of aliphatic carboxylic acids is 2. The highest BCUT2D eigenvalue weighted by Gasteiger charge is 2.46. The van der Waals surface area contributed by atoms with E-state index in [-0.39, 0.29) is 29.9 Å². The van der Waals surface area contributed by atoms with Crippen molar-refractivity contribution in [1.82, 2.24) is 14.5 Å². The molecule has 6 heterocycles. The third-order valence-corrected chi connectivity index (χ3v) is 8.34. The first kappa shape index (κ1) is 22.6. The van der Waals surface area contributed by atoms with Gasteiger partial charge in [0.05, 0.1) is 33.7 Å². The Kier molecular flexibility index (Phi) is 4.29. The van der Waals surface area contributed by atoms with Gasteiger partial charge in [-0.15, -0.1) is 0 Å². The van der Waals surface area contributed by atoms with Crippen LogP contribution in [-0.2, 0) is 20.8 Å². The highest BCUT2D eigenvalue weighted by atomic mass is 16.4. The average Bonchev–Trinajstić information content (AvgIpc) is 3.68. The highest BCUT2D eigenvalue weighted by Crippen LogP contribution is 2.48. The fraction of sp³-hybridized carbons (Fsp3) is 0.133. The van der Waals surface area contributed by atoms with E-state index in [1.54, 1.807) is 12.1 Å². The number of nitrogens with one attached hydrogen (secondary N) is 1. The largest absolute Gasteiger partial charge is 0.494 e. The van der Waals surface area contributed by atoms with Gasteiger partial charge in [-0.25, -0.2) is 14.6 Å². The lowest BCUT2D eigenvalue weighted by Gasteiger charge is -2.31. The molecule has 0 fully saturated rings. The van der Waals surface area contributed by atoms with Crippen LogP contribution in [0.2, 0.25) is 0 Å². The van der Waals surface area contributed by atoms with Crippen molar-refractivity contribution in [1.29, 1.82) is 0 Å². The van der Waals surface area contributed by atoms with E-state index in [0.29, 0.717) is 28.1 Å². The van der Waals surface area contributed by atoms with E-state index < -0.39 is 29.9 Å². The molecule has 4 aliphatic heterocycles. The van der Waals surface area contributed by atoms with Crippen molar-refractivity contribution in [2.75, 3.05) is 0 Å². The van der Waals surface area contributed by atoms with E-state index in [4.69, 9.17) is 4.99 Å². The zero-order valence-corrected chi connectivity index (χ0v) is 20.8. The van der Waals surface area contributed by atoms with Gasteiger partial charge >= 0.3 is 11.9 Å². The number of allylic oxidation sites excluding steroid dienone is 2. The van der Waals surface area contributed by atoms with Gasteiger partial charge in [-0.05, 0) is 35.4 Å². The lowest BCUT2D eigenvalue weighted by Crippen LogP contribution is -2.45. The van der Waals surface area contributed by atoms with E-state index in [0.717, 1.165) is 27.3 Å². The van der Waals surface area contributed by atoms with Crippen molar-refractivity contribution < 1.29 is 29.7 Å². The number of fused-ring (bicyclic) bond motifs is 8. The number of benzene rings is 2. The molecule has 4 aliphatic rings. The predicted octanol–water partition coefficient (Wildman–Crippen LogP) is 2.30. The normalized spacial score (nSPS) is 20.5. The number of carbonyl (C=O) groups excluding carboxylic acids is 1. The molecule has 8 rings (SSSR count). The summed E-state index contributed by atoms with van der Waals surface area (Å²) in [4.78, 5) is 47.8. The van der Waals surface area contributed by atoms with Gasteiger partial charge in [-0.3, -0.25) is 14.3 Å². The van der Waals surface area contributed by atoms with Crippen molar-refractivity contribution in [2.45, 2.75) is 24.9 Å². The van der Waals surface area contributed by atoms with E-state index in [2.05, 4.69) is 4.98 Å². The SMILES string of the molecule is O=C(O)C1CC2=c3ccccc3=NC2=C2C=C(c3cc4n(c3O)C(C(=O)O)Cc3c-4[nH]c4ccccc34)C(=O)N21. The number of carbonyl (C=O) groups is 3. The van der Waals surface area contributed by atoms with Crippen molar-refractivity contribution in [2.24, 2.45) is 4.99 Å². The molecule has 2 aromatic heterocycles. The topological polar surface area (TPSA) is 148 Å². The summed E-state index contributed by atoms with van der Waals surface area (Å²) < 4.78 is 1.33. The summed E-state index contributed by atoms with van der Waals surface area (Å²) in [6.45, 7) is 0. The monoisotopic (exact) mass is 532 g/mol. The van der Waals surface area contributed by atoms with E-state index in [9.17, 15) is 29.7 Å². The summed E-state index contributed by atoms with van der Waals surface area (Å²) >= 11 is 0. The number of hydrogen-bond donors (Lipinski definition) is 4. The molecule has 0 aliphatic carbocycles. The Bertz CT molecular complexity index is 2080. The van der Waals surface area contributed by atoms with Gasteiger partial charge < -0.3 is 20.3 Å². The van der Waals surface area contributed by atoms with Gasteiger partial charge in [-0.2, -0.15) is 0 Å². The Labute approximate surface area is 225 Å². The van der Waals surface area contributed by atoms with Crippen LogP contribution in [0, 0.1) is 0 Å². The van der Waals surface area contributed by atoms with E-state index in [1.807, 2.05) is 48.5 Å². The van der Waals surface area contributed by atoms with Crippen LogP contribution in [0.15, 0.2) is 77.1 Å². The number of rotatable bonds is 3. The standard InChI is InChI=1S/C30H20N4O6/c35-27-17(11-21-25-15(9-23(29(37)38)33(21)27)13-5-1-3-7-19(13)31-25)18-12-22-26-16(14-6-2-4-8-20(14)32-26)10-24(30(39)40)34(22)28(18)36/h1-8,11-12,23-24,31,35H,9-10H2,(H,37,38)(H,39,40). The first-order valence-electron chi connectivity index (χ1n) is 12.8. The molecule has 2 atom stereocenters. The molecule has 0 saturated carbocycles. The highest BCUT2D eigenvalue weighted by molar-refractivity contribution is 6.25. The Hall–Kier alpha value is -5.38. The van der Waals surface area contributed by atoms with Crippen LogP contribution in [-0.4, -0.2) is 53.7 Å². The number of carboxylic acid groups (broad SMARTS) is 2. The second-order valence-electron chi connectivity index (χ2n) is 10.4. The van der Waals surface area contributed by atoms with Gasteiger partial charge in [-0.1, -0.05) is 36.4 Å². The smallest absolute Gasteiger partial charge is 0.327 e. The van der Waals surface area contributed by atoms with Gasteiger partial charge in [0.2, 0.25) is 5.88 Å². The van der Waals surface area contributed by atoms with Crippen LogP contribution in [0.1, 0.15) is 23.6 Å². The number of aromatic nitrogens is 2. The number of nitrogens with zero attached hydrogens (tertiary/aromatic N) is 3. The first-order chi connectivity index (χ1) is 19.3. The Balaban J connectivity index is 1.36. The fourth-order valence-electron chi connectivity index (χ4n) is 6.57. The summed E-state index contributed by atoms with van der Waals surface area (Å²) in [5, 5.41) is 34.0. The van der Waals surface area contributed by atoms with Crippen molar-refractivity contribution in [3.63, 3.8) is 0 Å². The Morgan fingerprint density at radius 3 is 2.52 bits per heavy atom. The summed E-state index contributed by atoms with van der Waals surface area (Å²) in [7, 11) is 0. The Morgan fingerprint density at radius 1 is 0.975 bits per heavy atom. The maximum atomic E-state index is 13.8. The van der Waals surface area contributed by atoms with Crippen molar-refractivity contribution in [3.05, 3.63) is 93.8 Å². The summed E-state index contributed by atoms with van der Waals surface area (Å²) in [6, 6.07) is 14.4. The number of aromatic amines is 1. The van der Waals surface area contributed by atoms with Crippen molar-refractivity contribution in [3.8, 4) is 17.3 Å². The molecule has 0 radical (unpaired) electrons. The maximum absolute atomic E-state index is 13.8. The number of carboxylic acids is 2. The average molecular weight is 533 g/mol. The molecule has 10 heteroatoms. The molecule has 4 N–H and O–H groups in total. The number of aromatic hydroxyl groups is 1. The summed E-state index contributed by atoms with van der Waals surface area (Å²) in [5.41, 5.74) is 4.64. The van der Waals surface area contributed by atoms with Gasteiger partial charge in [0.1, 0.15) is 12.1 Å². The third-order valence-electron chi connectivity index (χ3n) is 8.34.